The van der Waals surface area contributed by atoms with Crippen molar-refractivity contribution in [1.82, 2.24) is 29.9 Å². The molecule has 7 heteroatoms. The highest BCUT2D eigenvalue weighted by Crippen LogP contribution is 2.14. The molecular weight excluding hydrogens is 280 g/mol. The van der Waals surface area contributed by atoms with Crippen molar-refractivity contribution in [1.29, 1.82) is 0 Å². The van der Waals surface area contributed by atoms with Crippen LogP contribution in [0.3, 0.4) is 0 Å². The van der Waals surface area contributed by atoms with E-state index in [-0.39, 0.29) is 11.9 Å². The zero-order valence-corrected chi connectivity index (χ0v) is 13.1. The molecule has 1 unspecified atom stereocenters. The Morgan fingerprint density at radius 3 is 3.14 bits per heavy atom. The van der Waals surface area contributed by atoms with Crippen molar-refractivity contribution < 1.29 is 4.79 Å². The summed E-state index contributed by atoms with van der Waals surface area (Å²) < 4.78 is 3.96. The maximum atomic E-state index is 12.5. The number of hydrogen-bond acceptors (Lipinski definition) is 4. The first-order chi connectivity index (χ1) is 10.7. The van der Waals surface area contributed by atoms with Gasteiger partial charge < -0.3 is 9.88 Å². The third kappa shape index (κ3) is 2.88. The van der Waals surface area contributed by atoms with Gasteiger partial charge in [-0.25, -0.2) is 0 Å². The largest absolute Gasteiger partial charge is 0.349 e. The molecule has 1 N–H and O–H groups in total. The number of nitrogens with one attached hydrogen (secondary N) is 1. The van der Waals surface area contributed by atoms with Gasteiger partial charge in [-0.3, -0.25) is 9.48 Å². The normalized spacial score (nSPS) is 17.8. The van der Waals surface area contributed by atoms with Crippen LogP contribution >= 0.6 is 0 Å². The van der Waals surface area contributed by atoms with Crippen LogP contribution < -0.4 is 5.32 Å². The minimum absolute atomic E-state index is 0.0254. The zero-order chi connectivity index (χ0) is 15.5. The summed E-state index contributed by atoms with van der Waals surface area (Å²) in [6.45, 7) is 5.74. The number of carbonyl (C=O) groups excluding carboxylic acids is 1. The van der Waals surface area contributed by atoms with Gasteiger partial charge in [0, 0.05) is 31.2 Å². The van der Waals surface area contributed by atoms with Crippen LogP contribution in [0.15, 0.2) is 12.5 Å². The Morgan fingerprint density at radius 1 is 1.45 bits per heavy atom. The molecule has 0 aliphatic carbocycles. The van der Waals surface area contributed by atoms with E-state index in [0.29, 0.717) is 5.56 Å². The summed E-state index contributed by atoms with van der Waals surface area (Å²) >= 11 is 0. The predicted octanol–water partition coefficient (Wildman–Crippen LogP) is 1.33. The van der Waals surface area contributed by atoms with Crippen LogP contribution in [-0.2, 0) is 19.5 Å². The van der Waals surface area contributed by atoms with E-state index in [2.05, 4.69) is 32.1 Å². The lowest BCUT2D eigenvalue weighted by Gasteiger charge is -2.15. The summed E-state index contributed by atoms with van der Waals surface area (Å²) in [6.07, 6.45) is 7.08. The van der Waals surface area contributed by atoms with Gasteiger partial charge in [0.15, 0.2) is 0 Å². The Labute approximate surface area is 129 Å². The standard InChI is InChI=1S/C15H22N6O/c1-3-7-21-11(2)13(9-17-21)15(22)18-12-4-5-14-19-16-10-20(14)8-6-12/h9-10,12H,3-8H2,1-2H3,(H,18,22). The number of aromatic nitrogens is 5. The molecule has 2 aromatic rings. The molecule has 1 amide bonds. The lowest BCUT2D eigenvalue weighted by atomic mass is 10.1. The molecule has 22 heavy (non-hydrogen) atoms. The van der Waals surface area contributed by atoms with Crippen LogP contribution in [0.5, 0.6) is 0 Å². The summed E-state index contributed by atoms with van der Waals surface area (Å²) in [5.74, 6) is 0.978. The van der Waals surface area contributed by atoms with Gasteiger partial charge in [0.2, 0.25) is 0 Å². The van der Waals surface area contributed by atoms with E-state index in [4.69, 9.17) is 0 Å². The van der Waals surface area contributed by atoms with Gasteiger partial charge in [0.05, 0.1) is 11.8 Å². The number of amides is 1. The summed E-state index contributed by atoms with van der Waals surface area (Å²) in [6, 6.07) is 0.170. The van der Waals surface area contributed by atoms with Crippen molar-refractivity contribution in [3.05, 3.63) is 29.6 Å². The number of nitrogens with zero attached hydrogens (tertiary/aromatic N) is 5. The highest BCUT2D eigenvalue weighted by molar-refractivity contribution is 5.95. The molecule has 1 aliphatic heterocycles. The van der Waals surface area contributed by atoms with Crippen LogP contribution in [0.4, 0.5) is 0 Å². The number of carbonyl (C=O) groups is 1. The molecule has 0 saturated carbocycles. The molecule has 0 aromatic carbocycles. The molecular formula is C15H22N6O. The van der Waals surface area contributed by atoms with E-state index >= 15 is 0 Å². The highest BCUT2D eigenvalue weighted by Gasteiger charge is 2.21. The van der Waals surface area contributed by atoms with E-state index in [1.165, 1.54) is 0 Å². The molecule has 118 valence electrons. The third-order valence-corrected chi connectivity index (χ3v) is 4.25. The van der Waals surface area contributed by atoms with E-state index < -0.39 is 0 Å². The lowest BCUT2D eigenvalue weighted by Crippen LogP contribution is -2.35. The SMILES string of the molecule is CCCn1ncc(C(=O)NC2CCc3nncn3CC2)c1C. The molecule has 1 aliphatic rings. The maximum absolute atomic E-state index is 12.5. The number of fused-ring (bicyclic) bond motifs is 1. The maximum Gasteiger partial charge on any atom is 0.254 e. The second-order valence-corrected chi connectivity index (χ2v) is 5.81. The lowest BCUT2D eigenvalue weighted by molar-refractivity contribution is 0.0932. The van der Waals surface area contributed by atoms with Gasteiger partial charge in [-0.05, 0) is 26.2 Å². The Balaban J connectivity index is 1.63. The van der Waals surface area contributed by atoms with E-state index in [9.17, 15) is 4.79 Å². The fraction of sp³-hybridized carbons (Fsp3) is 0.600. The molecule has 3 rings (SSSR count). The van der Waals surface area contributed by atoms with Gasteiger partial charge in [0.1, 0.15) is 12.2 Å². The molecule has 0 radical (unpaired) electrons. The van der Waals surface area contributed by atoms with Crippen molar-refractivity contribution in [3.63, 3.8) is 0 Å². The van der Waals surface area contributed by atoms with Crippen LogP contribution in [0, 0.1) is 6.92 Å². The Bertz CT molecular complexity index is 636. The average molecular weight is 302 g/mol. The smallest absolute Gasteiger partial charge is 0.254 e. The number of hydrogen-bond donors (Lipinski definition) is 1. The molecule has 2 aromatic heterocycles. The summed E-state index contributed by atoms with van der Waals surface area (Å²) in [5.41, 5.74) is 1.61. The Morgan fingerprint density at radius 2 is 2.32 bits per heavy atom. The Hall–Kier alpha value is -2.18. The van der Waals surface area contributed by atoms with Crippen molar-refractivity contribution in [2.45, 2.75) is 58.7 Å². The van der Waals surface area contributed by atoms with E-state index in [0.717, 1.165) is 50.3 Å². The molecule has 0 saturated heterocycles. The van der Waals surface area contributed by atoms with E-state index in [1.54, 1.807) is 12.5 Å². The van der Waals surface area contributed by atoms with Gasteiger partial charge in [-0.15, -0.1) is 10.2 Å². The first kappa shape index (κ1) is 14.7. The monoisotopic (exact) mass is 302 g/mol. The second kappa shape index (κ2) is 6.29. The fourth-order valence-electron chi connectivity index (χ4n) is 2.92. The minimum Gasteiger partial charge on any atom is -0.349 e. The van der Waals surface area contributed by atoms with Crippen molar-refractivity contribution in [2.75, 3.05) is 0 Å². The van der Waals surface area contributed by atoms with Gasteiger partial charge in [0.25, 0.3) is 5.91 Å². The zero-order valence-electron chi connectivity index (χ0n) is 13.1. The first-order valence-corrected chi connectivity index (χ1v) is 7.89. The van der Waals surface area contributed by atoms with E-state index in [1.807, 2.05) is 11.6 Å². The quantitative estimate of drug-likeness (QED) is 0.924. The number of rotatable bonds is 4. The van der Waals surface area contributed by atoms with Crippen molar-refractivity contribution >= 4 is 5.91 Å². The molecule has 0 bridgehead atoms. The third-order valence-electron chi connectivity index (χ3n) is 4.25. The van der Waals surface area contributed by atoms with Crippen LogP contribution in [0.1, 0.15) is 48.1 Å². The summed E-state index contributed by atoms with van der Waals surface area (Å²) in [4.78, 5) is 12.5. The summed E-state index contributed by atoms with van der Waals surface area (Å²) in [5, 5.41) is 15.5. The van der Waals surface area contributed by atoms with Gasteiger partial charge in [-0.2, -0.15) is 5.10 Å². The van der Waals surface area contributed by atoms with Crippen LogP contribution in [0.25, 0.3) is 0 Å². The summed E-state index contributed by atoms with van der Waals surface area (Å²) in [7, 11) is 0. The first-order valence-electron chi connectivity index (χ1n) is 7.89. The number of aryl methyl sites for hydroxylation is 3. The van der Waals surface area contributed by atoms with Crippen molar-refractivity contribution in [3.8, 4) is 0 Å². The minimum atomic E-state index is -0.0254. The topological polar surface area (TPSA) is 77.6 Å². The average Bonchev–Trinajstić information content (AvgIpc) is 3.05. The highest BCUT2D eigenvalue weighted by atomic mass is 16.1. The Kier molecular flexibility index (Phi) is 4.22. The van der Waals surface area contributed by atoms with Crippen molar-refractivity contribution in [2.24, 2.45) is 0 Å². The van der Waals surface area contributed by atoms with Gasteiger partial charge in [-0.1, -0.05) is 6.92 Å². The second-order valence-electron chi connectivity index (χ2n) is 5.81. The van der Waals surface area contributed by atoms with Gasteiger partial charge >= 0.3 is 0 Å². The van der Waals surface area contributed by atoms with Crippen LogP contribution in [0.2, 0.25) is 0 Å². The van der Waals surface area contributed by atoms with Crippen LogP contribution in [-0.4, -0.2) is 36.5 Å². The molecule has 1 atom stereocenters. The molecule has 0 fully saturated rings. The molecule has 7 nitrogen and oxygen atoms in total. The fourth-order valence-corrected chi connectivity index (χ4v) is 2.92. The molecule has 0 spiro atoms. The molecule has 3 heterocycles. The predicted molar refractivity (Wildman–Crippen MR) is 81.5 cm³/mol.